The zero-order valence-corrected chi connectivity index (χ0v) is 13.1. The third-order valence-corrected chi connectivity index (χ3v) is 4.93. The molecule has 2 rings (SSSR count). The van der Waals surface area contributed by atoms with Crippen LogP contribution in [0.15, 0.2) is 40.6 Å². The quantitative estimate of drug-likeness (QED) is 0.834. The lowest BCUT2D eigenvalue weighted by Gasteiger charge is -2.12. The van der Waals surface area contributed by atoms with Crippen LogP contribution < -0.4 is 5.32 Å². The molecule has 0 aliphatic rings. The highest BCUT2D eigenvalue weighted by molar-refractivity contribution is 7.98. The van der Waals surface area contributed by atoms with E-state index in [2.05, 4.69) is 5.32 Å². The fraction of sp³-hybridized carbons (Fsp3) is 0.267. The predicted octanol–water partition coefficient (Wildman–Crippen LogP) is 3.24. The van der Waals surface area contributed by atoms with Gasteiger partial charge in [0, 0.05) is 16.3 Å². The van der Waals surface area contributed by atoms with Gasteiger partial charge in [0.1, 0.15) is 6.10 Å². The summed E-state index contributed by atoms with van der Waals surface area (Å²) in [6, 6.07) is 9.43. The van der Waals surface area contributed by atoms with E-state index in [1.165, 1.54) is 23.1 Å². The number of benzene rings is 1. The van der Waals surface area contributed by atoms with Gasteiger partial charge in [0.05, 0.1) is 5.56 Å². The molecule has 0 aliphatic carbocycles. The van der Waals surface area contributed by atoms with Crippen LogP contribution in [0.1, 0.15) is 26.9 Å². The van der Waals surface area contributed by atoms with Gasteiger partial charge in [0.2, 0.25) is 0 Å². The summed E-state index contributed by atoms with van der Waals surface area (Å²) in [6.07, 6.45) is 1.29. The Labute approximate surface area is 127 Å². The van der Waals surface area contributed by atoms with Crippen LogP contribution in [0.3, 0.4) is 0 Å². The summed E-state index contributed by atoms with van der Waals surface area (Å²) in [5.74, 6) is -0.150. The van der Waals surface area contributed by atoms with Crippen LogP contribution in [-0.4, -0.2) is 23.8 Å². The topological polar surface area (TPSA) is 49.3 Å². The van der Waals surface area contributed by atoms with Gasteiger partial charge in [-0.2, -0.15) is 0 Å². The van der Waals surface area contributed by atoms with Gasteiger partial charge in [0.25, 0.3) is 5.91 Å². The van der Waals surface area contributed by atoms with Gasteiger partial charge in [-0.3, -0.25) is 4.79 Å². The van der Waals surface area contributed by atoms with Gasteiger partial charge in [-0.1, -0.05) is 12.1 Å². The van der Waals surface area contributed by atoms with Gasteiger partial charge in [-0.05, 0) is 42.3 Å². The molecule has 1 aromatic heterocycles. The number of nitrogens with one attached hydrogen (secondary N) is 1. The minimum absolute atomic E-state index is 0.150. The monoisotopic (exact) mass is 307 g/mol. The van der Waals surface area contributed by atoms with E-state index in [1.54, 1.807) is 6.07 Å². The van der Waals surface area contributed by atoms with Crippen molar-refractivity contribution >= 4 is 29.0 Å². The average Bonchev–Trinajstić information content (AvgIpc) is 2.90. The molecule has 1 unspecified atom stereocenters. The van der Waals surface area contributed by atoms with Crippen LogP contribution in [0.2, 0.25) is 0 Å². The minimum Gasteiger partial charge on any atom is -0.386 e. The van der Waals surface area contributed by atoms with E-state index in [1.807, 2.05) is 42.8 Å². The van der Waals surface area contributed by atoms with Gasteiger partial charge in [-0.25, -0.2) is 0 Å². The number of hydrogen-bond acceptors (Lipinski definition) is 4. The van der Waals surface area contributed by atoms with Crippen molar-refractivity contribution in [2.75, 3.05) is 12.8 Å². The number of aryl methyl sites for hydroxylation is 1. The van der Waals surface area contributed by atoms with Crippen molar-refractivity contribution in [1.29, 1.82) is 0 Å². The molecule has 1 amide bonds. The molecule has 106 valence electrons. The second-order valence-corrected chi connectivity index (χ2v) is 6.19. The van der Waals surface area contributed by atoms with Gasteiger partial charge in [-0.15, -0.1) is 23.1 Å². The highest BCUT2D eigenvalue weighted by Crippen LogP contribution is 2.24. The molecule has 0 radical (unpaired) electrons. The Morgan fingerprint density at radius 3 is 2.80 bits per heavy atom. The number of hydrogen-bond donors (Lipinski definition) is 2. The molecule has 20 heavy (non-hydrogen) atoms. The molecule has 0 saturated heterocycles. The van der Waals surface area contributed by atoms with E-state index in [0.29, 0.717) is 5.56 Å². The third kappa shape index (κ3) is 3.42. The first-order chi connectivity index (χ1) is 9.63. The molecule has 5 heteroatoms. The Bertz CT molecular complexity index is 595. The molecule has 1 heterocycles. The van der Waals surface area contributed by atoms with E-state index in [0.717, 1.165) is 15.3 Å². The molecule has 0 spiro atoms. The molecule has 3 nitrogen and oxygen atoms in total. The van der Waals surface area contributed by atoms with Crippen molar-refractivity contribution in [2.24, 2.45) is 0 Å². The van der Waals surface area contributed by atoms with Crippen molar-refractivity contribution in [2.45, 2.75) is 17.9 Å². The lowest BCUT2D eigenvalue weighted by Crippen LogP contribution is -2.28. The standard InChI is InChI=1S/C15H17NO2S2/c1-10-7-8-20-14(10)12(17)9-16-15(18)11-5-3-4-6-13(11)19-2/h3-8,12,17H,9H2,1-2H3,(H,16,18). The Hall–Kier alpha value is -1.30. The number of aliphatic hydroxyl groups excluding tert-OH is 1. The zero-order valence-electron chi connectivity index (χ0n) is 11.4. The molecular weight excluding hydrogens is 290 g/mol. The van der Waals surface area contributed by atoms with E-state index in [-0.39, 0.29) is 12.5 Å². The molecule has 0 bridgehead atoms. The normalized spacial score (nSPS) is 12.2. The van der Waals surface area contributed by atoms with Crippen LogP contribution in [0.4, 0.5) is 0 Å². The SMILES string of the molecule is CSc1ccccc1C(=O)NCC(O)c1sccc1C. The number of carbonyl (C=O) groups is 1. The first-order valence-corrected chi connectivity index (χ1v) is 8.37. The molecular formula is C15H17NO2S2. The van der Waals surface area contributed by atoms with Crippen molar-refractivity contribution in [3.63, 3.8) is 0 Å². The highest BCUT2D eigenvalue weighted by Gasteiger charge is 2.15. The summed E-state index contributed by atoms with van der Waals surface area (Å²) in [6.45, 7) is 2.18. The van der Waals surface area contributed by atoms with Gasteiger partial charge < -0.3 is 10.4 Å². The maximum absolute atomic E-state index is 12.2. The summed E-state index contributed by atoms with van der Waals surface area (Å²) < 4.78 is 0. The molecule has 0 aliphatic heterocycles. The fourth-order valence-corrected chi connectivity index (χ4v) is 3.44. The molecule has 1 atom stereocenters. The Morgan fingerprint density at radius 1 is 1.40 bits per heavy atom. The largest absolute Gasteiger partial charge is 0.386 e. The minimum atomic E-state index is -0.652. The second-order valence-electron chi connectivity index (χ2n) is 4.39. The number of amides is 1. The molecule has 2 aromatic rings. The van der Waals surface area contributed by atoms with E-state index in [9.17, 15) is 9.90 Å². The van der Waals surface area contributed by atoms with Crippen LogP contribution in [-0.2, 0) is 0 Å². The second kappa shape index (κ2) is 6.92. The number of aliphatic hydroxyl groups is 1. The smallest absolute Gasteiger partial charge is 0.252 e. The lowest BCUT2D eigenvalue weighted by atomic mass is 10.2. The summed E-state index contributed by atoms with van der Waals surface area (Å²) in [5.41, 5.74) is 1.70. The van der Waals surface area contributed by atoms with Crippen molar-refractivity contribution in [3.05, 3.63) is 51.7 Å². The lowest BCUT2D eigenvalue weighted by molar-refractivity contribution is 0.0915. The Kier molecular flexibility index (Phi) is 5.23. The average molecular weight is 307 g/mol. The van der Waals surface area contributed by atoms with Crippen LogP contribution in [0, 0.1) is 6.92 Å². The number of thiophene rings is 1. The third-order valence-electron chi connectivity index (χ3n) is 3.01. The molecule has 1 aromatic carbocycles. The first-order valence-electron chi connectivity index (χ1n) is 6.26. The maximum Gasteiger partial charge on any atom is 0.252 e. The highest BCUT2D eigenvalue weighted by atomic mass is 32.2. The van der Waals surface area contributed by atoms with E-state index < -0.39 is 6.10 Å². The summed E-state index contributed by atoms with van der Waals surface area (Å²) >= 11 is 3.04. The Balaban J connectivity index is 2.00. The van der Waals surface area contributed by atoms with Crippen LogP contribution >= 0.6 is 23.1 Å². The maximum atomic E-state index is 12.2. The van der Waals surface area contributed by atoms with E-state index >= 15 is 0 Å². The number of thioether (sulfide) groups is 1. The summed E-state index contributed by atoms with van der Waals surface area (Å²) in [5, 5.41) is 14.8. The van der Waals surface area contributed by atoms with E-state index in [4.69, 9.17) is 0 Å². The Morgan fingerprint density at radius 2 is 2.15 bits per heavy atom. The summed E-state index contributed by atoms with van der Waals surface area (Å²) in [4.78, 5) is 14.0. The molecule has 2 N–H and O–H groups in total. The van der Waals surface area contributed by atoms with Crippen molar-refractivity contribution in [3.8, 4) is 0 Å². The van der Waals surface area contributed by atoms with Gasteiger partial charge in [0.15, 0.2) is 0 Å². The summed E-state index contributed by atoms with van der Waals surface area (Å²) in [7, 11) is 0. The van der Waals surface area contributed by atoms with Crippen molar-refractivity contribution in [1.82, 2.24) is 5.32 Å². The fourth-order valence-electron chi connectivity index (χ4n) is 1.94. The molecule has 0 saturated carbocycles. The predicted molar refractivity (Wildman–Crippen MR) is 84.6 cm³/mol. The van der Waals surface area contributed by atoms with Crippen LogP contribution in [0.25, 0.3) is 0 Å². The van der Waals surface area contributed by atoms with Gasteiger partial charge >= 0.3 is 0 Å². The molecule has 0 fully saturated rings. The number of carbonyl (C=O) groups excluding carboxylic acids is 1. The number of rotatable bonds is 5. The van der Waals surface area contributed by atoms with Crippen molar-refractivity contribution < 1.29 is 9.90 Å². The van der Waals surface area contributed by atoms with Crippen LogP contribution in [0.5, 0.6) is 0 Å². The first kappa shape index (κ1) is 15.1. The zero-order chi connectivity index (χ0) is 14.5.